The van der Waals surface area contributed by atoms with Crippen LogP contribution >= 0.6 is 15.9 Å². The molecular formula is C12H15BrFNO2. The molecule has 0 spiro atoms. The van der Waals surface area contributed by atoms with Gasteiger partial charge in [0.25, 0.3) is 5.91 Å². The summed E-state index contributed by atoms with van der Waals surface area (Å²) in [7, 11) is 0. The van der Waals surface area contributed by atoms with Gasteiger partial charge in [0.05, 0.1) is 5.56 Å². The minimum absolute atomic E-state index is 0.0346. The van der Waals surface area contributed by atoms with E-state index in [1.165, 1.54) is 6.07 Å². The summed E-state index contributed by atoms with van der Waals surface area (Å²) in [6, 6.07) is 3.30. The second kappa shape index (κ2) is 6.59. The summed E-state index contributed by atoms with van der Waals surface area (Å²) in [5.74, 6) is -1.22. The van der Waals surface area contributed by atoms with Crippen molar-refractivity contribution in [3.63, 3.8) is 0 Å². The van der Waals surface area contributed by atoms with E-state index in [0.29, 0.717) is 11.4 Å². The van der Waals surface area contributed by atoms with Crippen LogP contribution in [0.15, 0.2) is 18.2 Å². The van der Waals surface area contributed by atoms with E-state index in [0.717, 1.165) is 25.0 Å². The minimum atomic E-state index is -0.542. The van der Waals surface area contributed by atoms with E-state index in [2.05, 4.69) is 21.2 Å². The highest BCUT2D eigenvalue weighted by atomic mass is 79.9. The predicted octanol–water partition coefficient (Wildman–Crippen LogP) is 2.82. The van der Waals surface area contributed by atoms with Crippen LogP contribution < -0.4 is 5.32 Å². The molecule has 0 bridgehead atoms. The Bertz CT molecular complexity index is 398. The maximum absolute atomic E-state index is 12.9. The Balaban J connectivity index is 2.55. The van der Waals surface area contributed by atoms with Gasteiger partial charge in [0, 0.05) is 11.4 Å². The van der Waals surface area contributed by atoms with Crippen LogP contribution in [0.25, 0.3) is 0 Å². The van der Waals surface area contributed by atoms with Crippen LogP contribution in [0.3, 0.4) is 0 Å². The molecule has 3 nitrogen and oxygen atoms in total. The summed E-state index contributed by atoms with van der Waals surface area (Å²) in [4.78, 5) is 12.0. The molecule has 1 rings (SSSR count). The van der Waals surface area contributed by atoms with Crippen molar-refractivity contribution in [2.45, 2.75) is 24.6 Å². The molecule has 2 N–H and O–H groups in total. The molecule has 17 heavy (non-hydrogen) atoms. The summed E-state index contributed by atoms with van der Waals surface area (Å²) in [6.45, 7) is 2.53. The molecule has 5 heteroatoms. The van der Waals surface area contributed by atoms with Crippen molar-refractivity contribution >= 4 is 21.8 Å². The number of hydrogen-bond acceptors (Lipinski definition) is 2. The highest BCUT2D eigenvalue weighted by Crippen LogP contribution is 2.17. The van der Waals surface area contributed by atoms with E-state index in [1.54, 1.807) is 0 Å². The Morgan fingerprint density at radius 3 is 2.94 bits per heavy atom. The fourth-order valence-corrected chi connectivity index (χ4v) is 1.56. The van der Waals surface area contributed by atoms with Crippen LogP contribution in [-0.2, 0) is 0 Å². The topological polar surface area (TPSA) is 49.3 Å². The monoisotopic (exact) mass is 303 g/mol. The molecule has 0 aliphatic heterocycles. The normalized spacial score (nSPS) is 12.2. The maximum atomic E-state index is 12.9. The molecule has 0 saturated carbocycles. The van der Waals surface area contributed by atoms with Gasteiger partial charge in [-0.3, -0.25) is 4.79 Å². The van der Waals surface area contributed by atoms with Gasteiger partial charge in [-0.05, 0) is 31.0 Å². The number of phenols is 1. The van der Waals surface area contributed by atoms with Gasteiger partial charge in [0.15, 0.2) is 0 Å². The van der Waals surface area contributed by atoms with Gasteiger partial charge in [-0.15, -0.1) is 0 Å². The molecule has 1 atom stereocenters. The largest absolute Gasteiger partial charge is 0.507 e. The van der Waals surface area contributed by atoms with E-state index < -0.39 is 11.7 Å². The number of alkyl halides is 1. The van der Waals surface area contributed by atoms with Crippen molar-refractivity contribution in [2.24, 2.45) is 0 Å². The fraction of sp³-hybridized carbons (Fsp3) is 0.417. The Labute approximate surface area is 108 Å². The van der Waals surface area contributed by atoms with Gasteiger partial charge in [-0.1, -0.05) is 22.9 Å². The summed E-state index contributed by atoms with van der Waals surface area (Å²) < 4.78 is 12.9. The Hall–Kier alpha value is -1.10. The quantitative estimate of drug-likeness (QED) is 0.822. The Kier molecular flexibility index (Phi) is 5.41. The van der Waals surface area contributed by atoms with Crippen molar-refractivity contribution < 1.29 is 14.3 Å². The molecule has 0 fully saturated rings. The third kappa shape index (κ3) is 4.34. The van der Waals surface area contributed by atoms with E-state index >= 15 is 0 Å². The van der Waals surface area contributed by atoms with Crippen molar-refractivity contribution in [3.8, 4) is 5.75 Å². The molecule has 1 unspecified atom stereocenters. The predicted molar refractivity (Wildman–Crippen MR) is 68.0 cm³/mol. The van der Waals surface area contributed by atoms with Gasteiger partial charge in [-0.25, -0.2) is 4.39 Å². The Morgan fingerprint density at radius 2 is 2.29 bits per heavy atom. The zero-order valence-corrected chi connectivity index (χ0v) is 11.1. The van der Waals surface area contributed by atoms with Crippen LogP contribution in [0.5, 0.6) is 5.75 Å². The number of nitrogens with one attached hydrogen (secondary N) is 1. The Morgan fingerprint density at radius 1 is 1.59 bits per heavy atom. The van der Waals surface area contributed by atoms with Crippen molar-refractivity contribution in [1.29, 1.82) is 0 Å². The lowest BCUT2D eigenvalue weighted by Gasteiger charge is -2.09. The lowest BCUT2D eigenvalue weighted by atomic mass is 10.1. The number of phenolic OH excluding ortho intramolecular Hbond substituents is 1. The highest BCUT2D eigenvalue weighted by Gasteiger charge is 2.12. The third-order valence-electron chi connectivity index (χ3n) is 2.39. The zero-order valence-electron chi connectivity index (χ0n) is 9.54. The number of halogens is 2. The van der Waals surface area contributed by atoms with Crippen LogP contribution in [0.2, 0.25) is 0 Å². The number of hydrogen-bond donors (Lipinski definition) is 2. The average Bonchev–Trinajstić information content (AvgIpc) is 2.31. The van der Waals surface area contributed by atoms with Gasteiger partial charge in [-0.2, -0.15) is 0 Å². The summed E-state index contributed by atoms with van der Waals surface area (Å²) in [6.07, 6.45) is 1.76. The molecule has 1 aromatic carbocycles. The number of amides is 1. The number of carbonyl (C=O) groups excluding carboxylic acids is 1. The third-order valence-corrected chi connectivity index (χ3v) is 3.49. The molecule has 1 amide bonds. The van der Waals surface area contributed by atoms with E-state index in [4.69, 9.17) is 0 Å². The van der Waals surface area contributed by atoms with Crippen LogP contribution in [-0.4, -0.2) is 22.4 Å². The standard InChI is InChI=1S/C12H15BrFNO2/c1-2-8(13)5-6-15-12(17)10-7-9(14)3-4-11(10)16/h3-4,7-8,16H,2,5-6H2,1H3,(H,15,17). The molecule has 0 saturated heterocycles. The minimum Gasteiger partial charge on any atom is -0.507 e. The molecule has 0 aliphatic rings. The second-order valence-electron chi connectivity index (χ2n) is 3.71. The molecule has 0 heterocycles. The summed E-state index contributed by atoms with van der Waals surface area (Å²) in [5.41, 5.74) is -0.0346. The summed E-state index contributed by atoms with van der Waals surface area (Å²) >= 11 is 3.45. The SMILES string of the molecule is CCC(Br)CCNC(=O)c1cc(F)ccc1O. The van der Waals surface area contributed by atoms with E-state index in [9.17, 15) is 14.3 Å². The van der Waals surface area contributed by atoms with Gasteiger partial charge in [0.1, 0.15) is 11.6 Å². The fourth-order valence-electron chi connectivity index (χ4n) is 1.33. The molecule has 0 aromatic heterocycles. The van der Waals surface area contributed by atoms with Crippen LogP contribution in [0.1, 0.15) is 30.1 Å². The van der Waals surface area contributed by atoms with Crippen LogP contribution in [0.4, 0.5) is 4.39 Å². The first-order valence-electron chi connectivity index (χ1n) is 5.45. The van der Waals surface area contributed by atoms with Gasteiger partial charge in [0.2, 0.25) is 0 Å². The lowest BCUT2D eigenvalue weighted by Crippen LogP contribution is -2.26. The number of benzene rings is 1. The first-order chi connectivity index (χ1) is 8.04. The number of carbonyl (C=O) groups is 1. The van der Waals surface area contributed by atoms with E-state index in [1.807, 2.05) is 6.92 Å². The molecular weight excluding hydrogens is 289 g/mol. The van der Waals surface area contributed by atoms with Crippen molar-refractivity contribution in [2.75, 3.05) is 6.54 Å². The highest BCUT2D eigenvalue weighted by molar-refractivity contribution is 9.09. The lowest BCUT2D eigenvalue weighted by molar-refractivity contribution is 0.0950. The van der Waals surface area contributed by atoms with Crippen molar-refractivity contribution in [1.82, 2.24) is 5.32 Å². The molecule has 1 aromatic rings. The van der Waals surface area contributed by atoms with Gasteiger partial charge < -0.3 is 10.4 Å². The number of rotatable bonds is 5. The average molecular weight is 304 g/mol. The molecule has 0 radical (unpaired) electrons. The first kappa shape index (κ1) is 14.0. The first-order valence-corrected chi connectivity index (χ1v) is 6.37. The van der Waals surface area contributed by atoms with Crippen LogP contribution in [0, 0.1) is 5.82 Å². The smallest absolute Gasteiger partial charge is 0.255 e. The summed E-state index contributed by atoms with van der Waals surface area (Å²) in [5, 5.41) is 12.1. The molecule has 94 valence electrons. The zero-order chi connectivity index (χ0) is 12.8. The van der Waals surface area contributed by atoms with Crippen molar-refractivity contribution in [3.05, 3.63) is 29.6 Å². The van der Waals surface area contributed by atoms with Gasteiger partial charge >= 0.3 is 0 Å². The second-order valence-corrected chi connectivity index (χ2v) is 5.01. The number of aromatic hydroxyl groups is 1. The van der Waals surface area contributed by atoms with E-state index in [-0.39, 0.29) is 11.3 Å². The molecule has 0 aliphatic carbocycles. The maximum Gasteiger partial charge on any atom is 0.255 e.